The maximum absolute atomic E-state index is 11.4. The topological polar surface area (TPSA) is 68.3 Å². The average Bonchev–Trinajstić information content (AvgIpc) is 3.22. The van der Waals surface area contributed by atoms with Gasteiger partial charge in [-0.3, -0.25) is 4.79 Å². The number of aliphatic hydroxyl groups is 1. The van der Waals surface area contributed by atoms with E-state index >= 15 is 0 Å². The summed E-state index contributed by atoms with van der Waals surface area (Å²) in [6.07, 6.45) is 3.86. The Kier molecular flexibility index (Phi) is 2.89. The second-order valence-corrected chi connectivity index (χ2v) is 7.63. The van der Waals surface area contributed by atoms with Crippen LogP contribution in [0.4, 0.5) is 0 Å². The number of aliphatic hydroxyl groups excluding tert-OH is 1. The lowest BCUT2D eigenvalue weighted by Gasteiger charge is -2.58. The largest absolute Gasteiger partial charge is 0.465 e. The Morgan fingerprint density at radius 1 is 1.55 bits per heavy atom. The van der Waals surface area contributed by atoms with Gasteiger partial charge in [0.1, 0.15) is 12.2 Å². The minimum absolute atomic E-state index is 0.0647. The third kappa shape index (κ3) is 1.52. The quantitative estimate of drug-likeness (QED) is 0.476. The third-order valence-corrected chi connectivity index (χ3v) is 6.78. The zero-order chi connectivity index (χ0) is 15.8. The molecule has 2 saturated heterocycles. The molecule has 0 amide bonds. The molecular formula is C17H24O5. The second kappa shape index (κ2) is 4.34. The smallest absolute Gasteiger partial charge is 0.302 e. The summed E-state index contributed by atoms with van der Waals surface area (Å²) in [5.74, 6) is -0.289. The average molecular weight is 308 g/mol. The summed E-state index contributed by atoms with van der Waals surface area (Å²) in [6.45, 7) is 6.55. The van der Waals surface area contributed by atoms with E-state index in [4.69, 9.17) is 14.2 Å². The number of carbonyl (C=O) groups excluding carboxylic acids is 1. The van der Waals surface area contributed by atoms with Crippen LogP contribution in [0.5, 0.6) is 0 Å². The van der Waals surface area contributed by atoms with E-state index in [9.17, 15) is 9.90 Å². The molecule has 4 aliphatic rings. The van der Waals surface area contributed by atoms with Crippen LogP contribution in [0.3, 0.4) is 0 Å². The summed E-state index contributed by atoms with van der Waals surface area (Å²) < 4.78 is 17.7. The molecule has 6 atom stereocenters. The van der Waals surface area contributed by atoms with Crippen LogP contribution in [0, 0.1) is 10.8 Å². The Balaban J connectivity index is 1.82. The summed E-state index contributed by atoms with van der Waals surface area (Å²) >= 11 is 0. The first-order valence-electron chi connectivity index (χ1n) is 8.14. The van der Waals surface area contributed by atoms with E-state index in [2.05, 4.69) is 19.9 Å². The highest BCUT2D eigenvalue weighted by Gasteiger charge is 2.81. The molecule has 2 bridgehead atoms. The lowest BCUT2D eigenvalue weighted by atomic mass is 9.51. The van der Waals surface area contributed by atoms with Crippen molar-refractivity contribution in [2.45, 2.75) is 63.9 Å². The van der Waals surface area contributed by atoms with Crippen LogP contribution in [-0.2, 0) is 19.0 Å². The van der Waals surface area contributed by atoms with Crippen molar-refractivity contribution in [1.82, 2.24) is 0 Å². The van der Waals surface area contributed by atoms with Crippen molar-refractivity contribution in [1.29, 1.82) is 0 Å². The Hall–Kier alpha value is -0.910. The molecule has 122 valence electrons. The Labute approximate surface area is 130 Å². The highest BCUT2D eigenvalue weighted by Crippen LogP contribution is 2.71. The van der Waals surface area contributed by atoms with Gasteiger partial charge in [-0.2, -0.15) is 0 Å². The minimum atomic E-state index is -0.493. The van der Waals surface area contributed by atoms with Gasteiger partial charge in [0.15, 0.2) is 0 Å². The molecule has 2 heterocycles. The van der Waals surface area contributed by atoms with Gasteiger partial charge in [-0.05, 0) is 19.8 Å². The number of ether oxygens (including phenoxy) is 3. The molecule has 1 spiro atoms. The van der Waals surface area contributed by atoms with Crippen LogP contribution >= 0.6 is 0 Å². The molecule has 1 saturated carbocycles. The van der Waals surface area contributed by atoms with Gasteiger partial charge in [0.2, 0.25) is 0 Å². The number of carbonyl (C=O) groups is 1. The van der Waals surface area contributed by atoms with Gasteiger partial charge in [-0.15, -0.1) is 0 Å². The second-order valence-electron chi connectivity index (χ2n) is 7.63. The van der Waals surface area contributed by atoms with Crippen LogP contribution in [0.2, 0.25) is 0 Å². The molecule has 2 aliphatic carbocycles. The van der Waals surface area contributed by atoms with Crippen LogP contribution < -0.4 is 0 Å². The predicted octanol–water partition coefficient (Wildman–Crippen LogP) is 1.58. The van der Waals surface area contributed by atoms with Gasteiger partial charge >= 0.3 is 5.97 Å². The van der Waals surface area contributed by atoms with Crippen molar-refractivity contribution in [2.75, 3.05) is 13.2 Å². The summed E-state index contributed by atoms with van der Waals surface area (Å²) in [7, 11) is 0. The first kappa shape index (κ1) is 14.7. The summed E-state index contributed by atoms with van der Waals surface area (Å²) in [4.78, 5) is 11.4. The van der Waals surface area contributed by atoms with Crippen LogP contribution in [0.1, 0.15) is 40.0 Å². The lowest BCUT2D eigenvalue weighted by Crippen LogP contribution is -2.66. The van der Waals surface area contributed by atoms with Crippen LogP contribution in [0.15, 0.2) is 11.6 Å². The number of epoxide rings is 1. The van der Waals surface area contributed by atoms with Crippen LogP contribution in [0.25, 0.3) is 0 Å². The zero-order valence-electron chi connectivity index (χ0n) is 13.4. The fraction of sp³-hybridized carbons (Fsp3) is 0.824. The molecule has 0 unspecified atom stereocenters. The summed E-state index contributed by atoms with van der Waals surface area (Å²) in [6, 6.07) is 0. The third-order valence-electron chi connectivity index (χ3n) is 6.78. The molecule has 0 aromatic heterocycles. The molecule has 4 rings (SSSR count). The van der Waals surface area contributed by atoms with Gasteiger partial charge < -0.3 is 19.3 Å². The Morgan fingerprint density at radius 2 is 2.27 bits per heavy atom. The number of fused-ring (bicyclic) bond motifs is 2. The fourth-order valence-corrected chi connectivity index (χ4v) is 5.23. The molecule has 22 heavy (non-hydrogen) atoms. The fourth-order valence-electron chi connectivity index (χ4n) is 5.23. The van der Waals surface area contributed by atoms with E-state index in [-0.39, 0.29) is 24.8 Å². The molecule has 1 N–H and O–H groups in total. The monoisotopic (exact) mass is 308 g/mol. The lowest BCUT2D eigenvalue weighted by molar-refractivity contribution is -0.229. The molecule has 5 heteroatoms. The van der Waals surface area contributed by atoms with Gasteiger partial charge in [-0.1, -0.05) is 18.6 Å². The number of rotatable bonds is 2. The molecule has 0 aromatic rings. The maximum Gasteiger partial charge on any atom is 0.302 e. The van der Waals surface area contributed by atoms with Gasteiger partial charge in [0, 0.05) is 24.2 Å². The molecule has 0 radical (unpaired) electrons. The predicted molar refractivity (Wildman–Crippen MR) is 78.1 cm³/mol. The van der Waals surface area contributed by atoms with Crippen molar-refractivity contribution >= 4 is 5.97 Å². The van der Waals surface area contributed by atoms with E-state index in [0.717, 1.165) is 12.8 Å². The number of hydrogen-bond donors (Lipinski definition) is 1. The van der Waals surface area contributed by atoms with Gasteiger partial charge in [0.05, 0.1) is 24.9 Å². The van der Waals surface area contributed by atoms with E-state index in [1.807, 2.05) is 0 Å². The molecular weight excluding hydrogens is 284 g/mol. The number of esters is 1. The molecule has 3 fully saturated rings. The number of allylic oxidation sites excluding steroid dienone is 1. The first-order valence-corrected chi connectivity index (χ1v) is 8.14. The van der Waals surface area contributed by atoms with Crippen molar-refractivity contribution in [3.8, 4) is 0 Å². The maximum atomic E-state index is 11.4. The molecule has 5 nitrogen and oxygen atoms in total. The van der Waals surface area contributed by atoms with E-state index in [1.165, 1.54) is 12.5 Å². The van der Waals surface area contributed by atoms with Crippen molar-refractivity contribution < 1.29 is 24.1 Å². The highest BCUT2D eigenvalue weighted by molar-refractivity contribution is 5.66. The Bertz CT molecular complexity index is 551. The first-order chi connectivity index (χ1) is 10.4. The normalized spacial score (nSPS) is 52.2. The Morgan fingerprint density at radius 3 is 2.91 bits per heavy atom. The van der Waals surface area contributed by atoms with E-state index < -0.39 is 22.5 Å². The SMILES string of the molecule is CC(=O)OC[C@]12CCC(C)=C[C@H]1O[C@@H]1C[C@@H](O)[C@@]2(C)[C@]12CO2. The van der Waals surface area contributed by atoms with Gasteiger partial charge in [0.25, 0.3) is 0 Å². The summed E-state index contributed by atoms with van der Waals surface area (Å²) in [5, 5.41) is 10.8. The van der Waals surface area contributed by atoms with E-state index in [1.54, 1.807) is 0 Å². The van der Waals surface area contributed by atoms with Crippen LogP contribution in [-0.4, -0.2) is 48.2 Å². The van der Waals surface area contributed by atoms with Crippen molar-refractivity contribution in [3.05, 3.63) is 11.6 Å². The standard InChI is InChI=1S/C17H24O5/c1-10-4-5-16(8-20-11(2)18)13(6-10)22-14-7-12(19)15(16,3)17(14)9-21-17/h6,12-14,19H,4-5,7-9H2,1-3H3/t12-,13-,14-,15-,16-,17+/m1/s1. The molecule has 2 aliphatic heterocycles. The summed E-state index contributed by atoms with van der Waals surface area (Å²) in [5.41, 5.74) is 0.0392. The minimum Gasteiger partial charge on any atom is -0.465 e. The zero-order valence-corrected chi connectivity index (χ0v) is 13.4. The van der Waals surface area contributed by atoms with Gasteiger partial charge in [-0.25, -0.2) is 0 Å². The van der Waals surface area contributed by atoms with E-state index in [0.29, 0.717) is 13.0 Å². The number of hydrogen-bond acceptors (Lipinski definition) is 5. The molecule has 0 aromatic carbocycles. The highest BCUT2D eigenvalue weighted by atomic mass is 16.6. The van der Waals surface area contributed by atoms with Crippen molar-refractivity contribution in [3.63, 3.8) is 0 Å². The van der Waals surface area contributed by atoms with Crippen molar-refractivity contribution in [2.24, 2.45) is 10.8 Å².